The van der Waals surface area contributed by atoms with Crippen LogP contribution in [-0.2, 0) is 4.79 Å². The molecule has 2 N–H and O–H groups in total. The van der Waals surface area contributed by atoms with Gasteiger partial charge in [-0.05, 0) is 36.8 Å². The average Bonchev–Trinajstić information content (AvgIpc) is 2.65. The Bertz CT molecular complexity index is 524. The van der Waals surface area contributed by atoms with E-state index in [0.29, 0.717) is 11.5 Å². The molecule has 2 unspecified atom stereocenters. The first-order valence-electron chi connectivity index (χ1n) is 9.25. The molecule has 4 heteroatoms. The molecule has 0 heterocycles. The van der Waals surface area contributed by atoms with E-state index in [2.05, 4.69) is 10.6 Å². The third-order valence-electron chi connectivity index (χ3n) is 5.11. The van der Waals surface area contributed by atoms with Crippen molar-refractivity contribution in [3.05, 3.63) is 35.9 Å². The number of benzene rings is 1. The zero-order valence-corrected chi connectivity index (χ0v) is 14.9. The van der Waals surface area contributed by atoms with Gasteiger partial charge in [-0.1, -0.05) is 57.7 Å². The van der Waals surface area contributed by atoms with Crippen LogP contribution >= 0.6 is 0 Å². The number of carbonyl (C=O) groups is 2. The fourth-order valence-electron chi connectivity index (χ4n) is 3.26. The first-order valence-corrected chi connectivity index (χ1v) is 9.25. The van der Waals surface area contributed by atoms with E-state index in [0.717, 1.165) is 13.0 Å². The molecule has 132 valence electrons. The monoisotopic (exact) mass is 330 g/mol. The molecule has 0 aromatic heterocycles. The van der Waals surface area contributed by atoms with E-state index < -0.39 is 6.04 Å². The quantitative estimate of drug-likeness (QED) is 0.803. The number of hydrogen-bond donors (Lipinski definition) is 2. The molecule has 0 radical (unpaired) electrons. The van der Waals surface area contributed by atoms with E-state index in [-0.39, 0.29) is 17.7 Å². The molecule has 2 rings (SSSR count). The second-order valence-corrected chi connectivity index (χ2v) is 6.95. The molecule has 2 amide bonds. The summed E-state index contributed by atoms with van der Waals surface area (Å²) in [7, 11) is 0. The molecule has 1 aliphatic rings. The van der Waals surface area contributed by atoms with Crippen LogP contribution in [0.25, 0.3) is 0 Å². The number of amides is 2. The van der Waals surface area contributed by atoms with Crippen LogP contribution in [0.15, 0.2) is 30.3 Å². The highest BCUT2D eigenvalue weighted by Gasteiger charge is 2.26. The van der Waals surface area contributed by atoms with E-state index in [1.807, 2.05) is 32.0 Å². The molecule has 0 bridgehead atoms. The van der Waals surface area contributed by atoms with Gasteiger partial charge in [0, 0.05) is 12.1 Å². The van der Waals surface area contributed by atoms with Crippen molar-refractivity contribution in [2.24, 2.45) is 11.8 Å². The third-order valence-corrected chi connectivity index (χ3v) is 5.11. The van der Waals surface area contributed by atoms with Gasteiger partial charge in [0.25, 0.3) is 5.91 Å². The van der Waals surface area contributed by atoms with Crippen molar-refractivity contribution < 1.29 is 9.59 Å². The predicted molar refractivity (Wildman–Crippen MR) is 96.7 cm³/mol. The van der Waals surface area contributed by atoms with Gasteiger partial charge in [0.2, 0.25) is 5.91 Å². The van der Waals surface area contributed by atoms with Gasteiger partial charge in [0.1, 0.15) is 6.04 Å². The number of rotatable bonds is 7. The summed E-state index contributed by atoms with van der Waals surface area (Å²) in [5.41, 5.74) is 0.589. The summed E-state index contributed by atoms with van der Waals surface area (Å²) in [6, 6.07) is 8.59. The molecule has 24 heavy (non-hydrogen) atoms. The SMILES string of the molecule is CCC(C)C(NC(=O)c1ccccc1)C(=O)NCC1CCCCC1. The molecule has 4 nitrogen and oxygen atoms in total. The van der Waals surface area contributed by atoms with Crippen LogP contribution in [0.2, 0.25) is 0 Å². The van der Waals surface area contributed by atoms with E-state index in [9.17, 15) is 9.59 Å². The van der Waals surface area contributed by atoms with E-state index in [1.54, 1.807) is 12.1 Å². The molecular weight excluding hydrogens is 300 g/mol. The Kier molecular flexibility index (Phi) is 7.29. The molecule has 0 spiro atoms. The van der Waals surface area contributed by atoms with Gasteiger partial charge >= 0.3 is 0 Å². The summed E-state index contributed by atoms with van der Waals surface area (Å²) in [5, 5.41) is 5.99. The average molecular weight is 330 g/mol. The molecule has 1 aliphatic carbocycles. The van der Waals surface area contributed by atoms with Crippen LogP contribution in [-0.4, -0.2) is 24.4 Å². The Balaban J connectivity index is 1.93. The van der Waals surface area contributed by atoms with E-state index in [4.69, 9.17) is 0 Å². The number of hydrogen-bond acceptors (Lipinski definition) is 2. The molecular formula is C20H30N2O2. The Morgan fingerprint density at radius 2 is 1.79 bits per heavy atom. The van der Waals surface area contributed by atoms with Crippen molar-refractivity contribution in [3.8, 4) is 0 Å². The summed E-state index contributed by atoms with van der Waals surface area (Å²) >= 11 is 0. The standard InChI is InChI=1S/C20H30N2O2/c1-3-15(2)18(22-19(23)17-12-8-5-9-13-17)20(24)21-14-16-10-6-4-7-11-16/h5,8-9,12-13,15-16,18H,3-4,6-7,10-11,14H2,1-2H3,(H,21,24)(H,22,23). The van der Waals surface area contributed by atoms with Gasteiger partial charge in [-0.25, -0.2) is 0 Å². The number of carbonyl (C=O) groups excluding carboxylic acids is 2. The van der Waals surface area contributed by atoms with Crippen LogP contribution in [0.3, 0.4) is 0 Å². The first kappa shape index (κ1) is 18.5. The highest BCUT2D eigenvalue weighted by Crippen LogP contribution is 2.22. The highest BCUT2D eigenvalue weighted by atomic mass is 16.2. The van der Waals surface area contributed by atoms with Gasteiger partial charge in [-0.2, -0.15) is 0 Å². The van der Waals surface area contributed by atoms with Crippen molar-refractivity contribution in [3.63, 3.8) is 0 Å². The highest BCUT2D eigenvalue weighted by molar-refractivity contribution is 5.97. The van der Waals surface area contributed by atoms with Crippen LogP contribution < -0.4 is 10.6 Å². The molecule has 1 saturated carbocycles. The van der Waals surface area contributed by atoms with Crippen LogP contribution in [0, 0.1) is 11.8 Å². The molecule has 1 aromatic rings. The summed E-state index contributed by atoms with van der Waals surface area (Å²) in [6.07, 6.45) is 7.08. The minimum absolute atomic E-state index is 0.0563. The zero-order valence-electron chi connectivity index (χ0n) is 14.9. The van der Waals surface area contributed by atoms with E-state index in [1.165, 1.54) is 32.1 Å². The van der Waals surface area contributed by atoms with Crippen molar-refractivity contribution in [2.75, 3.05) is 6.54 Å². The Labute approximate surface area is 145 Å². The predicted octanol–water partition coefficient (Wildman–Crippen LogP) is 3.53. The molecule has 0 aliphatic heterocycles. The largest absolute Gasteiger partial charge is 0.354 e. The molecule has 1 aromatic carbocycles. The van der Waals surface area contributed by atoms with Crippen molar-refractivity contribution >= 4 is 11.8 Å². The number of nitrogens with one attached hydrogen (secondary N) is 2. The lowest BCUT2D eigenvalue weighted by Crippen LogP contribution is -2.51. The molecule has 0 saturated heterocycles. The van der Waals surface area contributed by atoms with Crippen LogP contribution in [0.5, 0.6) is 0 Å². The van der Waals surface area contributed by atoms with Gasteiger partial charge in [0.05, 0.1) is 0 Å². The molecule has 1 fully saturated rings. The fourth-order valence-corrected chi connectivity index (χ4v) is 3.26. The Morgan fingerprint density at radius 1 is 1.12 bits per heavy atom. The van der Waals surface area contributed by atoms with Crippen molar-refractivity contribution in [2.45, 2.75) is 58.4 Å². The summed E-state index contributed by atoms with van der Waals surface area (Å²) in [5.74, 6) is 0.446. The molecule has 2 atom stereocenters. The third kappa shape index (κ3) is 5.36. The summed E-state index contributed by atoms with van der Waals surface area (Å²) < 4.78 is 0. The second-order valence-electron chi connectivity index (χ2n) is 6.95. The minimum atomic E-state index is -0.480. The van der Waals surface area contributed by atoms with Gasteiger partial charge in [0.15, 0.2) is 0 Å². The summed E-state index contributed by atoms with van der Waals surface area (Å²) in [4.78, 5) is 25.0. The maximum Gasteiger partial charge on any atom is 0.251 e. The van der Waals surface area contributed by atoms with Crippen LogP contribution in [0.4, 0.5) is 0 Å². The first-order chi connectivity index (χ1) is 11.6. The summed E-state index contributed by atoms with van der Waals surface area (Å²) in [6.45, 7) is 4.78. The lowest BCUT2D eigenvalue weighted by molar-refractivity contribution is -0.124. The topological polar surface area (TPSA) is 58.2 Å². The fraction of sp³-hybridized carbons (Fsp3) is 0.600. The normalized spacial score (nSPS) is 17.8. The second kappa shape index (κ2) is 9.45. The van der Waals surface area contributed by atoms with Gasteiger partial charge in [-0.15, -0.1) is 0 Å². The van der Waals surface area contributed by atoms with Crippen LogP contribution in [0.1, 0.15) is 62.7 Å². The lowest BCUT2D eigenvalue weighted by Gasteiger charge is -2.26. The van der Waals surface area contributed by atoms with Crippen molar-refractivity contribution in [1.82, 2.24) is 10.6 Å². The maximum absolute atomic E-state index is 12.6. The van der Waals surface area contributed by atoms with Crippen molar-refractivity contribution in [1.29, 1.82) is 0 Å². The lowest BCUT2D eigenvalue weighted by atomic mass is 9.89. The Morgan fingerprint density at radius 3 is 2.42 bits per heavy atom. The zero-order chi connectivity index (χ0) is 17.4. The Hall–Kier alpha value is -1.84. The maximum atomic E-state index is 12.6. The smallest absolute Gasteiger partial charge is 0.251 e. The van der Waals surface area contributed by atoms with Gasteiger partial charge < -0.3 is 10.6 Å². The van der Waals surface area contributed by atoms with E-state index >= 15 is 0 Å². The van der Waals surface area contributed by atoms with Gasteiger partial charge in [-0.3, -0.25) is 9.59 Å². The minimum Gasteiger partial charge on any atom is -0.354 e.